The van der Waals surface area contributed by atoms with Gasteiger partial charge in [-0.2, -0.15) is 0 Å². The molecule has 1 heterocycles. The lowest BCUT2D eigenvalue weighted by Gasteiger charge is -2.35. The number of hydrogen-bond acceptors (Lipinski definition) is 3. The number of carbonyl (C=O) groups is 1. The summed E-state index contributed by atoms with van der Waals surface area (Å²) in [4.78, 5) is 15.7. The summed E-state index contributed by atoms with van der Waals surface area (Å²) in [5, 5.41) is 0. The fourth-order valence-corrected chi connectivity index (χ4v) is 2.23. The zero-order chi connectivity index (χ0) is 13.0. The zero-order valence-electron chi connectivity index (χ0n) is 10.8. The van der Waals surface area contributed by atoms with Crippen molar-refractivity contribution in [1.29, 1.82) is 0 Å². The van der Waals surface area contributed by atoms with E-state index in [0.29, 0.717) is 5.57 Å². The lowest BCUT2D eigenvalue weighted by Crippen LogP contribution is -2.45. The molecular formula is C14H19N3O. The third-order valence-corrected chi connectivity index (χ3v) is 3.25. The molecule has 18 heavy (non-hydrogen) atoms. The third-order valence-electron chi connectivity index (χ3n) is 3.25. The van der Waals surface area contributed by atoms with Crippen LogP contribution in [0.15, 0.2) is 34.9 Å². The number of nitrogens with zero attached hydrogens (tertiary/aromatic N) is 2. The molecule has 1 fully saturated rings. The van der Waals surface area contributed by atoms with Crippen molar-refractivity contribution >= 4 is 5.91 Å². The van der Waals surface area contributed by atoms with Crippen molar-refractivity contribution in [2.24, 2.45) is 5.73 Å². The Morgan fingerprint density at radius 1 is 1.28 bits per heavy atom. The van der Waals surface area contributed by atoms with Crippen molar-refractivity contribution in [2.45, 2.75) is 13.3 Å². The molecule has 1 aliphatic heterocycles. The first kappa shape index (κ1) is 12.7. The molecule has 4 nitrogen and oxygen atoms in total. The van der Waals surface area contributed by atoms with E-state index in [1.54, 1.807) is 6.08 Å². The Balaban J connectivity index is 2.02. The minimum atomic E-state index is -0.453. The van der Waals surface area contributed by atoms with Gasteiger partial charge in [-0.05, 0) is 30.8 Å². The zero-order valence-corrected chi connectivity index (χ0v) is 10.8. The number of carbonyl (C=O) groups excluding carboxylic acids is 1. The molecule has 0 aromatic heterocycles. The second kappa shape index (κ2) is 5.74. The van der Waals surface area contributed by atoms with Crippen LogP contribution in [0.4, 0.5) is 0 Å². The van der Waals surface area contributed by atoms with Gasteiger partial charge >= 0.3 is 0 Å². The van der Waals surface area contributed by atoms with Crippen molar-refractivity contribution in [2.75, 3.05) is 32.7 Å². The normalized spacial score (nSPS) is 19.7. The topological polar surface area (TPSA) is 49.6 Å². The maximum Gasteiger partial charge on any atom is 0.257 e. The summed E-state index contributed by atoms with van der Waals surface area (Å²) < 4.78 is 0. The number of amides is 1. The van der Waals surface area contributed by atoms with Crippen LogP contribution in [0.5, 0.6) is 0 Å². The maximum absolute atomic E-state index is 11.0. The molecule has 0 aromatic carbocycles. The van der Waals surface area contributed by atoms with Crippen LogP contribution in [0, 0.1) is 0 Å². The van der Waals surface area contributed by atoms with E-state index in [1.807, 2.05) is 6.08 Å². The van der Waals surface area contributed by atoms with Crippen molar-refractivity contribution in [3.05, 3.63) is 34.9 Å². The lowest BCUT2D eigenvalue weighted by molar-refractivity contribution is -0.114. The monoisotopic (exact) mass is 245 g/mol. The van der Waals surface area contributed by atoms with Crippen molar-refractivity contribution in [3.63, 3.8) is 0 Å². The molecule has 0 saturated carbocycles. The molecule has 1 saturated heterocycles. The van der Waals surface area contributed by atoms with E-state index in [-0.39, 0.29) is 0 Å². The van der Waals surface area contributed by atoms with E-state index in [9.17, 15) is 4.79 Å². The highest BCUT2D eigenvalue weighted by atomic mass is 16.1. The minimum absolute atomic E-state index is 0.392. The summed E-state index contributed by atoms with van der Waals surface area (Å²) in [6.45, 7) is 7.54. The van der Waals surface area contributed by atoms with Gasteiger partial charge in [0.15, 0.2) is 0 Å². The minimum Gasteiger partial charge on any atom is -0.365 e. The highest BCUT2D eigenvalue weighted by Crippen LogP contribution is 2.13. The van der Waals surface area contributed by atoms with Gasteiger partial charge in [0.1, 0.15) is 0 Å². The highest BCUT2D eigenvalue weighted by Gasteiger charge is 2.17. The molecule has 2 aliphatic rings. The van der Waals surface area contributed by atoms with Crippen LogP contribution in [-0.4, -0.2) is 48.4 Å². The smallest absolute Gasteiger partial charge is 0.257 e. The Morgan fingerprint density at radius 3 is 2.50 bits per heavy atom. The van der Waals surface area contributed by atoms with Crippen LogP contribution in [0.2, 0.25) is 0 Å². The highest BCUT2D eigenvalue weighted by molar-refractivity contribution is 5.94. The van der Waals surface area contributed by atoms with Gasteiger partial charge in [0, 0.05) is 26.2 Å². The number of rotatable bonds is 4. The van der Waals surface area contributed by atoms with Crippen LogP contribution in [0.3, 0.4) is 0 Å². The van der Waals surface area contributed by atoms with Gasteiger partial charge in [-0.1, -0.05) is 12.7 Å². The molecule has 0 unspecified atom stereocenters. The molecule has 0 aromatic rings. The molecule has 0 spiro atoms. The summed E-state index contributed by atoms with van der Waals surface area (Å²) in [5.74, 6) is -0.453. The molecule has 0 atom stereocenters. The van der Waals surface area contributed by atoms with Crippen LogP contribution in [-0.2, 0) is 4.79 Å². The van der Waals surface area contributed by atoms with Gasteiger partial charge in [-0.3, -0.25) is 9.69 Å². The number of primary amides is 1. The lowest BCUT2D eigenvalue weighted by atomic mass is 10.1. The fraction of sp³-hybridized carbons (Fsp3) is 0.500. The molecule has 2 rings (SSSR count). The molecule has 1 amide bonds. The quantitative estimate of drug-likeness (QED) is 0.739. The molecular weight excluding hydrogens is 226 g/mol. The maximum atomic E-state index is 11.0. The summed E-state index contributed by atoms with van der Waals surface area (Å²) >= 11 is 0. The Kier molecular flexibility index (Phi) is 4.06. The summed E-state index contributed by atoms with van der Waals surface area (Å²) in [6, 6.07) is 0. The predicted octanol–water partition coefficient (Wildman–Crippen LogP) is 0.633. The molecule has 0 bridgehead atoms. The second-order valence-electron chi connectivity index (χ2n) is 4.58. The number of nitrogens with two attached hydrogens (primary N) is 1. The number of hydrogen-bond donors (Lipinski definition) is 1. The van der Waals surface area contributed by atoms with E-state index < -0.39 is 5.91 Å². The van der Waals surface area contributed by atoms with Crippen molar-refractivity contribution < 1.29 is 4.79 Å². The van der Waals surface area contributed by atoms with Gasteiger partial charge in [0.2, 0.25) is 0 Å². The van der Waals surface area contributed by atoms with E-state index in [0.717, 1.165) is 31.9 Å². The van der Waals surface area contributed by atoms with Gasteiger partial charge in [0.25, 0.3) is 5.91 Å². The van der Waals surface area contributed by atoms with Crippen LogP contribution in [0.25, 0.3) is 0 Å². The Morgan fingerprint density at radius 2 is 2.00 bits per heavy atom. The first-order chi connectivity index (χ1) is 8.70. The summed E-state index contributed by atoms with van der Waals surface area (Å²) in [7, 11) is 0. The van der Waals surface area contributed by atoms with Gasteiger partial charge in [0.05, 0.1) is 11.3 Å². The Bertz CT molecular complexity index is 457. The van der Waals surface area contributed by atoms with Gasteiger partial charge < -0.3 is 10.6 Å². The van der Waals surface area contributed by atoms with Gasteiger partial charge in [-0.15, -0.1) is 0 Å². The second-order valence-corrected chi connectivity index (χ2v) is 4.58. The molecule has 0 radical (unpaired) electrons. The largest absolute Gasteiger partial charge is 0.365 e. The van der Waals surface area contributed by atoms with Crippen LogP contribution < -0.4 is 5.73 Å². The molecule has 2 N–H and O–H groups in total. The first-order valence-electron chi connectivity index (χ1n) is 6.42. The number of piperazine rings is 1. The van der Waals surface area contributed by atoms with Crippen LogP contribution in [0.1, 0.15) is 13.3 Å². The average molecular weight is 245 g/mol. The Hall–Kier alpha value is -1.73. The van der Waals surface area contributed by atoms with Crippen molar-refractivity contribution in [3.8, 4) is 0 Å². The summed E-state index contributed by atoms with van der Waals surface area (Å²) in [6.07, 6.45) is 4.81. The van der Waals surface area contributed by atoms with Crippen molar-refractivity contribution in [1.82, 2.24) is 9.80 Å². The Labute approximate surface area is 108 Å². The predicted molar refractivity (Wildman–Crippen MR) is 70.7 cm³/mol. The van der Waals surface area contributed by atoms with E-state index in [4.69, 9.17) is 5.73 Å². The third kappa shape index (κ3) is 2.93. The van der Waals surface area contributed by atoms with Gasteiger partial charge in [-0.25, -0.2) is 0 Å². The average Bonchev–Trinajstić information content (AvgIpc) is 2.40. The molecule has 4 heteroatoms. The first-order valence-corrected chi connectivity index (χ1v) is 6.42. The SMILES string of the molecule is CCCN1CCN(C2=C=C=C(C(N)=O)C=C2)CC1. The molecule has 1 aliphatic carbocycles. The fourth-order valence-electron chi connectivity index (χ4n) is 2.23. The summed E-state index contributed by atoms with van der Waals surface area (Å²) in [5.41, 5.74) is 12.4. The van der Waals surface area contributed by atoms with Crippen LogP contribution >= 0.6 is 0 Å². The molecule has 96 valence electrons. The number of allylic oxidation sites excluding steroid dienone is 1. The van der Waals surface area contributed by atoms with E-state index in [1.165, 1.54) is 13.0 Å². The standard InChI is InChI=1S/C14H19N3O/c1-2-7-16-8-10-17(11-9-16)13-5-3-12(4-6-13)14(15)18/h3,5H,2,7-11H2,1H3,(H2,15,18). The van der Waals surface area contributed by atoms with E-state index >= 15 is 0 Å². The van der Waals surface area contributed by atoms with E-state index in [2.05, 4.69) is 28.2 Å².